The lowest BCUT2D eigenvalue weighted by Gasteiger charge is -2.30. The quantitative estimate of drug-likeness (QED) is 0.850. The van der Waals surface area contributed by atoms with E-state index in [0.29, 0.717) is 25.9 Å². The van der Waals surface area contributed by atoms with Gasteiger partial charge >= 0.3 is 0 Å². The third-order valence-electron chi connectivity index (χ3n) is 5.20. The van der Waals surface area contributed by atoms with E-state index in [9.17, 15) is 13.2 Å². The van der Waals surface area contributed by atoms with Crippen LogP contribution in [0.1, 0.15) is 30.9 Å². The number of piperidine rings is 1. The molecule has 1 fully saturated rings. The zero-order valence-electron chi connectivity index (χ0n) is 16.0. The van der Waals surface area contributed by atoms with Gasteiger partial charge in [0.25, 0.3) is 10.0 Å². The molecule has 27 heavy (non-hydrogen) atoms. The Kier molecular flexibility index (Phi) is 5.67. The molecule has 0 aliphatic carbocycles. The number of nitrogens with one attached hydrogen (secondary N) is 1. The summed E-state index contributed by atoms with van der Waals surface area (Å²) >= 11 is 0. The summed E-state index contributed by atoms with van der Waals surface area (Å²) in [7, 11) is -3.68. The van der Waals surface area contributed by atoms with Crippen LogP contribution in [0.5, 0.6) is 0 Å². The maximum absolute atomic E-state index is 12.9. The Morgan fingerprint density at radius 3 is 2.81 bits per heavy atom. The summed E-state index contributed by atoms with van der Waals surface area (Å²) in [6.07, 6.45) is 4.38. The van der Waals surface area contributed by atoms with Crippen molar-refractivity contribution in [2.45, 2.75) is 45.2 Å². The third-order valence-corrected chi connectivity index (χ3v) is 6.95. The smallest absolute Gasteiger partial charge is 0.262 e. The zero-order chi connectivity index (χ0) is 19.6. The van der Waals surface area contributed by atoms with Crippen LogP contribution in [0.15, 0.2) is 35.7 Å². The van der Waals surface area contributed by atoms with Gasteiger partial charge in [0.2, 0.25) is 5.91 Å². The molecule has 8 heteroatoms. The van der Waals surface area contributed by atoms with Gasteiger partial charge in [-0.2, -0.15) is 4.31 Å². The molecule has 146 valence electrons. The average Bonchev–Trinajstić information content (AvgIpc) is 3.15. The van der Waals surface area contributed by atoms with E-state index in [1.165, 1.54) is 16.8 Å². The van der Waals surface area contributed by atoms with Crippen LogP contribution in [0.3, 0.4) is 0 Å². The highest BCUT2D eigenvalue weighted by molar-refractivity contribution is 7.89. The number of aromatic nitrogens is 2. The molecule has 7 nitrogen and oxygen atoms in total. The van der Waals surface area contributed by atoms with E-state index in [4.69, 9.17) is 0 Å². The van der Waals surface area contributed by atoms with Crippen LogP contribution in [0, 0.1) is 19.8 Å². The van der Waals surface area contributed by atoms with Gasteiger partial charge in [0.1, 0.15) is 0 Å². The number of carbonyl (C=O) groups excluding carboxylic acids is 1. The van der Waals surface area contributed by atoms with Crippen molar-refractivity contribution in [3.8, 4) is 0 Å². The molecule has 1 atom stereocenters. The lowest BCUT2D eigenvalue weighted by Crippen LogP contribution is -2.43. The second kappa shape index (κ2) is 7.82. The fourth-order valence-electron chi connectivity index (χ4n) is 3.27. The van der Waals surface area contributed by atoms with Crippen molar-refractivity contribution in [2.75, 3.05) is 18.4 Å². The van der Waals surface area contributed by atoms with E-state index >= 15 is 0 Å². The molecule has 0 saturated carbocycles. The van der Waals surface area contributed by atoms with Crippen LogP contribution in [0.25, 0.3) is 0 Å². The number of hydrogen-bond donors (Lipinski definition) is 1. The molecular weight excluding hydrogens is 364 g/mol. The molecule has 1 aliphatic rings. The normalized spacial score (nSPS) is 18.4. The van der Waals surface area contributed by atoms with E-state index in [-0.39, 0.29) is 23.4 Å². The fourth-order valence-corrected chi connectivity index (χ4v) is 4.73. The zero-order valence-corrected chi connectivity index (χ0v) is 16.8. The number of amides is 1. The second-order valence-corrected chi connectivity index (χ2v) is 8.87. The lowest BCUT2D eigenvalue weighted by atomic mass is 9.98. The van der Waals surface area contributed by atoms with Gasteiger partial charge in [-0.05, 0) is 50.8 Å². The highest BCUT2D eigenvalue weighted by Crippen LogP contribution is 2.25. The number of carbonyl (C=O) groups is 1. The molecule has 1 aromatic carbocycles. The van der Waals surface area contributed by atoms with Crippen molar-refractivity contribution in [1.29, 1.82) is 0 Å². The molecule has 2 aromatic rings. The largest absolute Gasteiger partial charge is 0.336 e. The fraction of sp³-hybridized carbons (Fsp3) is 0.474. The van der Waals surface area contributed by atoms with Crippen LogP contribution in [-0.2, 0) is 21.4 Å². The van der Waals surface area contributed by atoms with Crippen molar-refractivity contribution in [1.82, 2.24) is 13.9 Å². The molecule has 1 aliphatic heterocycles. The molecule has 0 radical (unpaired) electrons. The first kappa shape index (κ1) is 19.6. The summed E-state index contributed by atoms with van der Waals surface area (Å²) in [5.74, 6) is -0.510. The number of rotatable bonds is 5. The summed E-state index contributed by atoms with van der Waals surface area (Å²) in [5.41, 5.74) is 2.91. The van der Waals surface area contributed by atoms with Gasteiger partial charge in [0.15, 0.2) is 5.03 Å². The highest BCUT2D eigenvalue weighted by atomic mass is 32.2. The van der Waals surface area contributed by atoms with Crippen molar-refractivity contribution >= 4 is 21.6 Å². The molecule has 0 bridgehead atoms. The minimum absolute atomic E-state index is 0.0416. The Bertz CT molecular complexity index is 936. The molecular formula is C19H26N4O3S. The molecule has 2 heterocycles. The Hall–Kier alpha value is -2.19. The predicted octanol–water partition coefficient (Wildman–Crippen LogP) is 2.56. The van der Waals surface area contributed by atoms with Gasteiger partial charge in [-0.3, -0.25) is 4.79 Å². The van der Waals surface area contributed by atoms with Gasteiger partial charge in [-0.25, -0.2) is 13.4 Å². The summed E-state index contributed by atoms with van der Waals surface area (Å²) in [6.45, 7) is 7.13. The Morgan fingerprint density at radius 1 is 1.33 bits per heavy atom. The standard InChI is InChI=1S/C19H26N4O3S/c1-4-22-12-18(20-13-22)27(25,26)23-10-6-8-16(11-23)19(24)21-17-9-5-7-14(2)15(17)3/h5,7,9,12-13,16H,4,6,8,10-11H2,1-3H3,(H,21,24)/t16-/m0/s1. The van der Waals surface area contributed by atoms with Gasteiger partial charge in [-0.15, -0.1) is 0 Å². The summed E-state index contributed by atoms with van der Waals surface area (Å²) in [4.78, 5) is 16.8. The van der Waals surface area contributed by atoms with Crippen molar-refractivity contribution in [3.05, 3.63) is 41.9 Å². The predicted molar refractivity (Wildman–Crippen MR) is 104 cm³/mol. The number of nitrogens with zero attached hydrogens (tertiary/aromatic N) is 3. The Labute approximate surface area is 160 Å². The molecule has 1 saturated heterocycles. The van der Waals surface area contributed by atoms with Crippen molar-refractivity contribution in [3.63, 3.8) is 0 Å². The lowest BCUT2D eigenvalue weighted by molar-refractivity contribution is -0.120. The van der Waals surface area contributed by atoms with Gasteiger partial charge in [-0.1, -0.05) is 12.1 Å². The van der Waals surface area contributed by atoms with E-state index in [2.05, 4.69) is 10.3 Å². The van der Waals surface area contributed by atoms with Crippen LogP contribution in [-0.4, -0.2) is 41.3 Å². The maximum atomic E-state index is 12.9. The van der Waals surface area contributed by atoms with Crippen molar-refractivity contribution < 1.29 is 13.2 Å². The van der Waals surface area contributed by atoms with E-state index in [0.717, 1.165) is 16.8 Å². The van der Waals surface area contributed by atoms with Gasteiger partial charge in [0.05, 0.1) is 12.2 Å². The van der Waals surface area contributed by atoms with Crippen LogP contribution < -0.4 is 5.32 Å². The average molecular weight is 391 g/mol. The van der Waals surface area contributed by atoms with Gasteiger partial charge in [0, 0.05) is 31.5 Å². The van der Waals surface area contributed by atoms with E-state index in [1.807, 2.05) is 39.0 Å². The topological polar surface area (TPSA) is 84.3 Å². The monoisotopic (exact) mass is 390 g/mol. The number of benzene rings is 1. The van der Waals surface area contributed by atoms with Gasteiger partial charge < -0.3 is 9.88 Å². The Morgan fingerprint density at radius 2 is 2.11 bits per heavy atom. The third kappa shape index (κ3) is 4.06. The number of imidazole rings is 1. The van der Waals surface area contributed by atoms with Crippen LogP contribution >= 0.6 is 0 Å². The minimum Gasteiger partial charge on any atom is -0.336 e. The van der Waals surface area contributed by atoms with Crippen LogP contribution in [0.2, 0.25) is 0 Å². The number of anilines is 1. The van der Waals surface area contributed by atoms with E-state index in [1.54, 1.807) is 4.57 Å². The SMILES string of the molecule is CCn1cnc(S(=O)(=O)N2CCC[C@H](C(=O)Nc3cccc(C)c3C)C2)c1. The molecule has 1 aromatic heterocycles. The molecule has 1 amide bonds. The van der Waals surface area contributed by atoms with Crippen molar-refractivity contribution in [2.24, 2.45) is 5.92 Å². The summed E-state index contributed by atoms with van der Waals surface area (Å²) < 4.78 is 28.8. The number of sulfonamides is 1. The molecule has 0 spiro atoms. The number of aryl methyl sites for hydroxylation is 2. The molecule has 1 N–H and O–H groups in total. The number of hydrogen-bond acceptors (Lipinski definition) is 4. The summed E-state index contributed by atoms with van der Waals surface area (Å²) in [5, 5.41) is 3.01. The molecule has 0 unspecified atom stereocenters. The first-order valence-electron chi connectivity index (χ1n) is 9.22. The molecule has 3 rings (SSSR count). The second-order valence-electron chi connectivity index (χ2n) is 6.98. The highest BCUT2D eigenvalue weighted by Gasteiger charge is 2.34. The first-order chi connectivity index (χ1) is 12.8. The minimum atomic E-state index is -3.68. The van der Waals surface area contributed by atoms with E-state index < -0.39 is 10.0 Å². The first-order valence-corrected chi connectivity index (χ1v) is 10.7. The summed E-state index contributed by atoms with van der Waals surface area (Å²) in [6, 6.07) is 5.77. The maximum Gasteiger partial charge on any atom is 0.262 e. The van der Waals surface area contributed by atoms with Crippen LogP contribution in [0.4, 0.5) is 5.69 Å². The Balaban J connectivity index is 1.73.